The Bertz CT molecular complexity index is 1210. The van der Waals surface area contributed by atoms with Gasteiger partial charge in [-0.2, -0.15) is 0 Å². The maximum Gasteiger partial charge on any atom is 0.264 e. The molecule has 0 aliphatic carbocycles. The maximum atomic E-state index is 12.7. The number of hydrogen-bond acceptors (Lipinski definition) is 6. The molecule has 8 heteroatoms. The van der Waals surface area contributed by atoms with Crippen molar-refractivity contribution in [2.24, 2.45) is 0 Å². The first kappa shape index (κ1) is 17.3. The molecule has 0 saturated heterocycles. The predicted octanol–water partition coefficient (Wildman–Crippen LogP) is 3.04. The van der Waals surface area contributed by atoms with Gasteiger partial charge in [-0.05, 0) is 29.8 Å². The van der Waals surface area contributed by atoms with E-state index in [1.807, 2.05) is 53.1 Å². The molecule has 3 heterocycles. The first-order valence-corrected chi connectivity index (χ1v) is 9.21. The standard InChI is InChI=1S/C21H18N4O4/c1-13-23-24-21(29-13)17-9-15-4-2-3-5-16(15)25(17)11-20(26)22-10-14-6-7-18-19(8-14)28-12-27-18/h2-9H,10-12H2,1H3,(H,22,26). The number of nitrogens with zero attached hydrogens (tertiary/aromatic N) is 3. The van der Waals surface area contributed by atoms with Gasteiger partial charge in [-0.25, -0.2) is 0 Å². The van der Waals surface area contributed by atoms with Crippen LogP contribution >= 0.6 is 0 Å². The molecule has 0 unspecified atom stereocenters. The number of benzene rings is 2. The van der Waals surface area contributed by atoms with E-state index >= 15 is 0 Å². The van der Waals surface area contributed by atoms with Crippen LogP contribution in [0.5, 0.6) is 11.5 Å². The summed E-state index contributed by atoms with van der Waals surface area (Å²) in [7, 11) is 0. The van der Waals surface area contributed by atoms with E-state index in [0.29, 0.717) is 29.8 Å². The molecule has 5 rings (SSSR count). The second-order valence-corrected chi connectivity index (χ2v) is 6.77. The lowest BCUT2D eigenvalue weighted by molar-refractivity contribution is -0.121. The van der Waals surface area contributed by atoms with Gasteiger partial charge in [0.25, 0.3) is 5.89 Å². The normalized spacial score (nSPS) is 12.4. The number of fused-ring (bicyclic) bond motifs is 2. The molecule has 0 saturated carbocycles. The highest BCUT2D eigenvalue weighted by atomic mass is 16.7. The van der Waals surface area contributed by atoms with Crippen molar-refractivity contribution in [3.8, 4) is 23.1 Å². The average Bonchev–Trinajstić information content (AvgIpc) is 3.45. The summed E-state index contributed by atoms with van der Waals surface area (Å²) in [6.07, 6.45) is 0. The predicted molar refractivity (Wildman–Crippen MR) is 104 cm³/mol. The quantitative estimate of drug-likeness (QED) is 0.563. The molecular formula is C21H18N4O4. The number of carbonyl (C=O) groups excluding carboxylic acids is 1. The van der Waals surface area contributed by atoms with Gasteiger partial charge in [0.05, 0.1) is 0 Å². The van der Waals surface area contributed by atoms with Crippen LogP contribution in [0.3, 0.4) is 0 Å². The van der Waals surface area contributed by atoms with E-state index in [9.17, 15) is 4.79 Å². The lowest BCUT2D eigenvalue weighted by Gasteiger charge is -2.10. The van der Waals surface area contributed by atoms with Crippen LogP contribution in [-0.4, -0.2) is 27.5 Å². The van der Waals surface area contributed by atoms with Gasteiger partial charge in [0.15, 0.2) is 11.5 Å². The molecule has 0 fully saturated rings. The summed E-state index contributed by atoms with van der Waals surface area (Å²) in [6.45, 7) is 2.49. The number of aryl methyl sites for hydroxylation is 1. The molecule has 1 aliphatic heterocycles. The molecule has 8 nitrogen and oxygen atoms in total. The fraction of sp³-hybridized carbons (Fsp3) is 0.190. The monoisotopic (exact) mass is 390 g/mol. The second-order valence-electron chi connectivity index (χ2n) is 6.77. The Morgan fingerprint density at radius 3 is 2.83 bits per heavy atom. The number of aromatic nitrogens is 3. The summed E-state index contributed by atoms with van der Waals surface area (Å²) < 4.78 is 18.2. The van der Waals surface area contributed by atoms with Crippen molar-refractivity contribution >= 4 is 16.8 Å². The van der Waals surface area contributed by atoms with Crippen molar-refractivity contribution < 1.29 is 18.7 Å². The number of amides is 1. The van der Waals surface area contributed by atoms with Gasteiger partial charge in [-0.1, -0.05) is 24.3 Å². The smallest absolute Gasteiger partial charge is 0.264 e. The molecule has 146 valence electrons. The first-order valence-electron chi connectivity index (χ1n) is 9.21. The van der Waals surface area contributed by atoms with Crippen LogP contribution in [0.15, 0.2) is 52.9 Å². The molecule has 0 spiro atoms. The van der Waals surface area contributed by atoms with Gasteiger partial charge in [0.2, 0.25) is 18.6 Å². The highest BCUT2D eigenvalue weighted by Crippen LogP contribution is 2.32. The summed E-state index contributed by atoms with van der Waals surface area (Å²) in [5.74, 6) is 2.16. The number of carbonyl (C=O) groups is 1. The fourth-order valence-corrected chi connectivity index (χ4v) is 3.41. The van der Waals surface area contributed by atoms with E-state index in [2.05, 4.69) is 15.5 Å². The van der Waals surface area contributed by atoms with Gasteiger partial charge in [0, 0.05) is 24.4 Å². The molecule has 1 amide bonds. The Hall–Kier alpha value is -3.81. The van der Waals surface area contributed by atoms with E-state index in [1.54, 1.807) is 6.92 Å². The van der Waals surface area contributed by atoms with E-state index in [1.165, 1.54) is 0 Å². The summed E-state index contributed by atoms with van der Waals surface area (Å²) in [5.41, 5.74) is 2.58. The lowest BCUT2D eigenvalue weighted by atomic mass is 10.2. The molecule has 0 bridgehead atoms. The van der Waals surface area contributed by atoms with Crippen molar-refractivity contribution in [1.29, 1.82) is 0 Å². The van der Waals surface area contributed by atoms with Gasteiger partial charge in [-0.15, -0.1) is 10.2 Å². The van der Waals surface area contributed by atoms with E-state index in [0.717, 1.165) is 22.2 Å². The number of para-hydroxylation sites is 1. The SMILES string of the molecule is Cc1nnc(-c2cc3ccccc3n2CC(=O)NCc2ccc3c(c2)OCO3)o1. The fourth-order valence-electron chi connectivity index (χ4n) is 3.41. The topological polar surface area (TPSA) is 91.4 Å². The second kappa shape index (κ2) is 6.97. The zero-order chi connectivity index (χ0) is 19.8. The molecule has 2 aromatic heterocycles. The minimum Gasteiger partial charge on any atom is -0.454 e. The molecule has 2 aromatic carbocycles. The Morgan fingerprint density at radius 2 is 1.97 bits per heavy atom. The number of rotatable bonds is 5. The molecule has 1 aliphatic rings. The Kier molecular flexibility index (Phi) is 4.16. The van der Waals surface area contributed by atoms with Crippen LogP contribution in [0.25, 0.3) is 22.5 Å². The van der Waals surface area contributed by atoms with E-state index < -0.39 is 0 Å². The summed E-state index contributed by atoms with van der Waals surface area (Å²) in [4.78, 5) is 12.7. The van der Waals surface area contributed by atoms with Crippen LogP contribution < -0.4 is 14.8 Å². The van der Waals surface area contributed by atoms with E-state index in [4.69, 9.17) is 13.9 Å². The Morgan fingerprint density at radius 1 is 1.10 bits per heavy atom. The Balaban J connectivity index is 1.37. The van der Waals surface area contributed by atoms with Crippen LogP contribution in [0.1, 0.15) is 11.5 Å². The number of hydrogen-bond donors (Lipinski definition) is 1. The Labute approximate surface area is 166 Å². The lowest BCUT2D eigenvalue weighted by Crippen LogP contribution is -2.27. The minimum absolute atomic E-state index is 0.124. The molecule has 0 atom stereocenters. The van der Waals surface area contributed by atoms with E-state index in [-0.39, 0.29) is 19.2 Å². The van der Waals surface area contributed by atoms with Crippen molar-refractivity contribution in [1.82, 2.24) is 20.1 Å². The van der Waals surface area contributed by atoms with Gasteiger partial charge >= 0.3 is 0 Å². The average molecular weight is 390 g/mol. The zero-order valence-corrected chi connectivity index (χ0v) is 15.7. The largest absolute Gasteiger partial charge is 0.454 e. The van der Waals surface area contributed by atoms with Gasteiger partial charge in [-0.3, -0.25) is 4.79 Å². The third kappa shape index (κ3) is 3.29. The third-order valence-electron chi connectivity index (χ3n) is 4.78. The molecule has 0 radical (unpaired) electrons. The van der Waals surface area contributed by atoms with Crippen LogP contribution in [0.2, 0.25) is 0 Å². The summed E-state index contributed by atoms with van der Waals surface area (Å²) in [5, 5.41) is 12.0. The summed E-state index contributed by atoms with van der Waals surface area (Å²) in [6, 6.07) is 15.4. The highest BCUT2D eigenvalue weighted by molar-refractivity contribution is 5.88. The van der Waals surface area contributed by atoms with Crippen LogP contribution in [0.4, 0.5) is 0 Å². The maximum absolute atomic E-state index is 12.7. The molecule has 29 heavy (non-hydrogen) atoms. The highest BCUT2D eigenvalue weighted by Gasteiger charge is 2.18. The number of nitrogens with one attached hydrogen (secondary N) is 1. The van der Waals surface area contributed by atoms with Gasteiger partial charge < -0.3 is 23.8 Å². The van der Waals surface area contributed by atoms with Crippen molar-refractivity contribution in [2.45, 2.75) is 20.0 Å². The van der Waals surface area contributed by atoms with Crippen molar-refractivity contribution in [2.75, 3.05) is 6.79 Å². The molecule has 4 aromatic rings. The van der Waals surface area contributed by atoms with Crippen LogP contribution in [0, 0.1) is 6.92 Å². The van der Waals surface area contributed by atoms with Crippen LogP contribution in [-0.2, 0) is 17.9 Å². The molecule has 1 N–H and O–H groups in total. The minimum atomic E-state index is -0.124. The first-order chi connectivity index (χ1) is 14.2. The van der Waals surface area contributed by atoms with Gasteiger partial charge in [0.1, 0.15) is 12.2 Å². The summed E-state index contributed by atoms with van der Waals surface area (Å²) >= 11 is 0. The van der Waals surface area contributed by atoms with Crippen molar-refractivity contribution in [3.05, 3.63) is 60.0 Å². The van der Waals surface area contributed by atoms with Crippen molar-refractivity contribution in [3.63, 3.8) is 0 Å². The molecular weight excluding hydrogens is 372 g/mol. The third-order valence-corrected chi connectivity index (χ3v) is 4.78. The number of ether oxygens (including phenoxy) is 2. The zero-order valence-electron chi connectivity index (χ0n) is 15.7.